The molecular formula is C38H75NO6S. The third-order valence-electron chi connectivity index (χ3n) is 9.07. The summed E-state index contributed by atoms with van der Waals surface area (Å²) in [6, 6.07) is -1.23. The topological polar surface area (TPSA) is 124 Å². The molecule has 0 heterocycles. The lowest BCUT2D eigenvalue weighted by atomic mass is 10.0. The monoisotopic (exact) mass is 674 g/mol. The summed E-state index contributed by atoms with van der Waals surface area (Å²) >= 11 is 0. The highest BCUT2D eigenvalue weighted by molar-refractivity contribution is 7.85. The Morgan fingerprint density at radius 1 is 0.587 bits per heavy atom. The molecule has 0 saturated carbocycles. The van der Waals surface area contributed by atoms with Crippen LogP contribution in [-0.4, -0.2) is 53.1 Å². The molecule has 0 saturated heterocycles. The molecule has 0 radical (unpaired) electrons. The fourth-order valence-corrected chi connectivity index (χ4v) is 6.78. The highest BCUT2D eigenvalue weighted by Crippen LogP contribution is 2.15. The SMILES string of the molecule is CCCCCCCCCCCCC/C=C/C(O)C(CS(=O)(=O)O)NC(=O)C(O)CCCCCCCCCCCCCCCCCC. The molecule has 0 rings (SSSR count). The van der Waals surface area contributed by atoms with Crippen molar-refractivity contribution in [1.82, 2.24) is 5.32 Å². The summed E-state index contributed by atoms with van der Waals surface area (Å²) < 4.78 is 32.4. The molecule has 0 aliphatic rings. The van der Waals surface area contributed by atoms with Crippen molar-refractivity contribution in [2.75, 3.05) is 5.75 Å². The fraction of sp³-hybridized carbons (Fsp3) is 0.921. The van der Waals surface area contributed by atoms with E-state index in [1.807, 2.05) is 0 Å². The van der Waals surface area contributed by atoms with Crippen LogP contribution in [0.3, 0.4) is 0 Å². The summed E-state index contributed by atoms with van der Waals surface area (Å²) in [7, 11) is -4.43. The number of allylic oxidation sites excluding steroid dienone is 1. The van der Waals surface area contributed by atoms with E-state index in [2.05, 4.69) is 19.2 Å². The highest BCUT2D eigenvalue weighted by atomic mass is 32.2. The van der Waals surface area contributed by atoms with Gasteiger partial charge in [-0.3, -0.25) is 9.35 Å². The Morgan fingerprint density at radius 3 is 1.30 bits per heavy atom. The van der Waals surface area contributed by atoms with Crippen LogP contribution in [0.2, 0.25) is 0 Å². The van der Waals surface area contributed by atoms with Gasteiger partial charge in [0.05, 0.1) is 17.9 Å². The predicted molar refractivity (Wildman–Crippen MR) is 195 cm³/mol. The van der Waals surface area contributed by atoms with Crippen molar-refractivity contribution >= 4 is 16.0 Å². The molecule has 46 heavy (non-hydrogen) atoms. The first-order valence-electron chi connectivity index (χ1n) is 19.5. The second-order valence-corrected chi connectivity index (χ2v) is 15.2. The standard InChI is InChI=1S/C38H75NO6S/c1-3-5-7-9-11-13-15-17-18-19-21-23-25-27-29-31-33-37(41)38(42)39-35(34-46(43,44)45)36(40)32-30-28-26-24-22-20-16-14-12-10-8-6-4-2/h30,32,35-37,40-41H,3-29,31,33-34H2,1-2H3,(H,39,42)(H,43,44,45)/b32-30+. The van der Waals surface area contributed by atoms with Gasteiger partial charge in [-0.15, -0.1) is 0 Å². The molecule has 0 aliphatic heterocycles. The smallest absolute Gasteiger partial charge is 0.267 e. The number of carbonyl (C=O) groups is 1. The Balaban J connectivity index is 4.04. The Kier molecular flexibility index (Phi) is 31.9. The Hall–Kier alpha value is -0.960. The van der Waals surface area contributed by atoms with Crippen LogP contribution in [-0.2, 0) is 14.9 Å². The van der Waals surface area contributed by atoms with Gasteiger partial charge < -0.3 is 15.5 Å². The number of aliphatic hydroxyl groups excluding tert-OH is 2. The summed E-state index contributed by atoms with van der Waals surface area (Å²) in [5, 5.41) is 23.3. The number of rotatable bonds is 35. The highest BCUT2D eigenvalue weighted by Gasteiger charge is 2.27. The number of amides is 1. The third kappa shape index (κ3) is 31.6. The average Bonchev–Trinajstić information content (AvgIpc) is 3.01. The number of aliphatic hydroxyl groups is 2. The molecular weight excluding hydrogens is 598 g/mol. The van der Waals surface area contributed by atoms with Crippen LogP contribution in [0.5, 0.6) is 0 Å². The lowest BCUT2D eigenvalue weighted by Crippen LogP contribution is -2.50. The molecule has 3 unspecified atom stereocenters. The summed E-state index contributed by atoms with van der Waals surface area (Å²) in [6.07, 6.45) is 35.5. The molecule has 0 aliphatic carbocycles. The minimum absolute atomic E-state index is 0.285. The molecule has 7 nitrogen and oxygen atoms in total. The summed E-state index contributed by atoms with van der Waals surface area (Å²) in [5.41, 5.74) is 0. The first-order valence-corrected chi connectivity index (χ1v) is 21.1. The van der Waals surface area contributed by atoms with Crippen LogP contribution >= 0.6 is 0 Å². The summed E-state index contributed by atoms with van der Waals surface area (Å²) in [6.45, 7) is 4.49. The lowest BCUT2D eigenvalue weighted by Gasteiger charge is -2.22. The number of hydrogen-bond donors (Lipinski definition) is 4. The van der Waals surface area contributed by atoms with Crippen molar-refractivity contribution < 1.29 is 28.0 Å². The van der Waals surface area contributed by atoms with Gasteiger partial charge in [0.1, 0.15) is 6.10 Å². The van der Waals surface area contributed by atoms with Crippen LogP contribution in [0, 0.1) is 0 Å². The minimum atomic E-state index is -4.43. The molecule has 274 valence electrons. The van der Waals surface area contributed by atoms with Gasteiger partial charge in [-0.25, -0.2) is 0 Å². The van der Waals surface area contributed by atoms with Gasteiger partial charge in [0, 0.05) is 0 Å². The van der Waals surface area contributed by atoms with E-state index in [-0.39, 0.29) is 6.42 Å². The molecule has 0 spiro atoms. The molecule has 0 bridgehead atoms. The quantitative estimate of drug-likeness (QED) is 0.0302. The van der Waals surface area contributed by atoms with E-state index in [0.29, 0.717) is 6.42 Å². The second-order valence-electron chi connectivity index (χ2n) is 13.7. The Labute approximate surface area is 284 Å². The normalized spacial score (nSPS) is 14.1. The van der Waals surface area contributed by atoms with Crippen LogP contribution in [0.25, 0.3) is 0 Å². The molecule has 8 heteroatoms. The second kappa shape index (κ2) is 32.6. The van der Waals surface area contributed by atoms with Gasteiger partial charge in [-0.05, 0) is 19.3 Å². The molecule has 0 aromatic rings. The van der Waals surface area contributed by atoms with Gasteiger partial charge >= 0.3 is 0 Å². The summed E-state index contributed by atoms with van der Waals surface area (Å²) in [4.78, 5) is 12.6. The van der Waals surface area contributed by atoms with Crippen LogP contribution < -0.4 is 5.32 Å². The number of hydrogen-bond acceptors (Lipinski definition) is 5. The zero-order valence-corrected chi connectivity index (χ0v) is 30.9. The lowest BCUT2D eigenvalue weighted by molar-refractivity contribution is -0.130. The molecule has 1 amide bonds. The maximum absolute atomic E-state index is 12.6. The van der Waals surface area contributed by atoms with Gasteiger partial charge in [0.25, 0.3) is 10.1 Å². The van der Waals surface area contributed by atoms with Crippen molar-refractivity contribution in [3.8, 4) is 0 Å². The zero-order chi connectivity index (χ0) is 34.1. The molecule has 3 atom stereocenters. The Morgan fingerprint density at radius 2 is 0.935 bits per heavy atom. The van der Waals surface area contributed by atoms with E-state index in [9.17, 15) is 28.0 Å². The zero-order valence-electron chi connectivity index (χ0n) is 30.1. The first kappa shape index (κ1) is 45.0. The summed E-state index contributed by atoms with van der Waals surface area (Å²) in [5.74, 6) is -1.53. The van der Waals surface area contributed by atoms with Gasteiger partial charge in [-0.2, -0.15) is 8.42 Å². The minimum Gasteiger partial charge on any atom is -0.387 e. The van der Waals surface area contributed by atoms with Gasteiger partial charge in [0.2, 0.25) is 5.91 Å². The maximum Gasteiger partial charge on any atom is 0.267 e. The number of carbonyl (C=O) groups excluding carboxylic acids is 1. The van der Waals surface area contributed by atoms with E-state index in [1.54, 1.807) is 6.08 Å². The number of nitrogens with one attached hydrogen (secondary N) is 1. The third-order valence-corrected chi connectivity index (χ3v) is 9.85. The maximum atomic E-state index is 12.6. The van der Waals surface area contributed by atoms with Crippen molar-refractivity contribution in [1.29, 1.82) is 0 Å². The van der Waals surface area contributed by atoms with Crippen LogP contribution in [0.4, 0.5) is 0 Å². The predicted octanol–water partition coefficient (Wildman–Crippen LogP) is 9.99. The first-order chi connectivity index (χ1) is 22.2. The van der Waals surface area contributed by atoms with Gasteiger partial charge in [-0.1, -0.05) is 193 Å². The van der Waals surface area contributed by atoms with Crippen LogP contribution in [0.15, 0.2) is 12.2 Å². The van der Waals surface area contributed by atoms with E-state index in [0.717, 1.165) is 38.5 Å². The molecule has 0 aromatic carbocycles. The largest absolute Gasteiger partial charge is 0.387 e. The van der Waals surface area contributed by atoms with Crippen molar-refractivity contribution in [2.45, 2.75) is 218 Å². The molecule has 0 aromatic heterocycles. The average molecular weight is 674 g/mol. The fourth-order valence-electron chi connectivity index (χ4n) is 6.04. The van der Waals surface area contributed by atoms with E-state index < -0.39 is 40.0 Å². The van der Waals surface area contributed by atoms with E-state index in [1.165, 1.54) is 141 Å². The van der Waals surface area contributed by atoms with Crippen LogP contribution in [0.1, 0.15) is 200 Å². The van der Waals surface area contributed by atoms with Crippen molar-refractivity contribution in [2.24, 2.45) is 0 Å². The molecule has 0 fully saturated rings. The Bertz CT molecular complexity index is 803. The van der Waals surface area contributed by atoms with Crippen molar-refractivity contribution in [3.05, 3.63) is 12.2 Å². The van der Waals surface area contributed by atoms with E-state index >= 15 is 0 Å². The van der Waals surface area contributed by atoms with Gasteiger partial charge in [0.15, 0.2) is 0 Å². The van der Waals surface area contributed by atoms with Crippen molar-refractivity contribution in [3.63, 3.8) is 0 Å². The number of unbranched alkanes of at least 4 members (excludes halogenated alkanes) is 26. The van der Waals surface area contributed by atoms with E-state index in [4.69, 9.17) is 0 Å². The molecule has 4 N–H and O–H groups in total.